The van der Waals surface area contributed by atoms with Crippen molar-refractivity contribution in [3.8, 4) is 0 Å². The highest BCUT2D eigenvalue weighted by molar-refractivity contribution is 7.11. The number of aromatic nitrogens is 1. The van der Waals surface area contributed by atoms with Crippen molar-refractivity contribution in [2.75, 3.05) is 5.32 Å². The topological polar surface area (TPSA) is 24.9 Å². The largest absolute Gasteiger partial charge is 0.371 e. The monoisotopic (exact) mass is 320 g/mol. The summed E-state index contributed by atoms with van der Waals surface area (Å²) < 4.78 is 0. The lowest BCUT2D eigenvalue weighted by atomic mass is 10.2. The van der Waals surface area contributed by atoms with Gasteiger partial charge in [-0.15, -0.1) is 22.7 Å². The summed E-state index contributed by atoms with van der Waals surface area (Å²) >= 11 is 9.43. The summed E-state index contributed by atoms with van der Waals surface area (Å²) in [5.74, 6) is 0. The van der Waals surface area contributed by atoms with Crippen LogP contribution in [0.25, 0.3) is 0 Å². The molecular formula is C15H13ClN2S2. The Balaban J connectivity index is 1.95. The van der Waals surface area contributed by atoms with E-state index in [9.17, 15) is 0 Å². The molecule has 3 aromatic rings. The molecule has 102 valence electrons. The first-order valence-electron chi connectivity index (χ1n) is 6.20. The zero-order valence-corrected chi connectivity index (χ0v) is 13.2. The van der Waals surface area contributed by atoms with Gasteiger partial charge in [-0.3, -0.25) is 0 Å². The summed E-state index contributed by atoms with van der Waals surface area (Å²) in [5, 5.41) is 8.31. The van der Waals surface area contributed by atoms with Crippen LogP contribution in [0, 0.1) is 6.92 Å². The van der Waals surface area contributed by atoms with Crippen molar-refractivity contribution in [3.63, 3.8) is 0 Å². The molecule has 5 heteroatoms. The van der Waals surface area contributed by atoms with E-state index in [0.717, 1.165) is 11.4 Å². The molecular weight excluding hydrogens is 308 g/mol. The van der Waals surface area contributed by atoms with E-state index in [-0.39, 0.29) is 6.04 Å². The molecule has 0 saturated heterocycles. The second-order valence-electron chi connectivity index (χ2n) is 4.38. The van der Waals surface area contributed by atoms with Crippen LogP contribution in [-0.2, 0) is 0 Å². The van der Waals surface area contributed by atoms with Gasteiger partial charge in [0, 0.05) is 9.75 Å². The number of pyridine rings is 1. The first kappa shape index (κ1) is 13.6. The zero-order valence-electron chi connectivity index (χ0n) is 10.8. The number of rotatable bonds is 4. The average Bonchev–Trinajstić information content (AvgIpc) is 3.11. The summed E-state index contributed by atoms with van der Waals surface area (Å²) in [4.78, 5) is 6.89. The van der Waals surface area contributed by atoms with Crippen LogP contribution in [0.5, 0.6) is 0 Å². The smallest absolute Gasteiger partial charge is 0.129 e. The Hall–Kier alpha value is -1.36. The molecule has 0 fully saturated rings. The summed E-state index contributed by atoms with van der Waals surface area (Å²) in [6.07, 6.45) is 0. The third kappa shape index (κ3) is 2.87. The van der Waals surface area contributed by atoms with Gasteiger partial charge in [-0.1, -0.05) is 23.7 Å². The predicted molar refractivity (Wildman–Crippen MR) is 88.1 cm³/mol. The summed E-state index contributed by atoms with van der Waals surface area (Å²) in [6, 6.07) is 12.4. The van der Waals surface area contributed by atoms with Crippen molar-refractivity contribution in [3.05, 3.63) is 67.8 Å². The van der Waals surface area contributed by atoms with Crippen LogP contribution in [0.4, 0.5) is 5.69 Å². The van der Waals surface area contributed by atoms with E-state index < -0.39 is 0 Å². The van der Waals surface area contributed by atoms with Crippen LogP contribution in [0.3, 0.4) is 0 Å². The fourth-order valence-electron chi connectivity index (χ4n) is 2.03. The molecule has 0 aliphatic heterocycles. The van der Waals surface area contributed by atoms with Crippen molar-refractivity contribution in [1.82, 2.24) is 4.98 Å². The molecule has 0 amide bonds. The van der Waals surface area contributed by atoms with Gasteiger partial charge in [0.2, 0.25) is 0 Å². The van der Waals surface area contributed by atoms with E-state index in [1.165, 1.54) is 9.75 Å². The van der Waals surface area contributed by atoms with E-state index in [4.69, 9.17) is 11.6 Å². The quantitative estimate of drug-likeness (QED) is 0.654. The number of thiophene rings is 2. The number of nitrogens with one attached hydrogen (secondary N) is 1. The average molecular weight is 321 g/mol. The highest BCUT2D eigenvalue weighted by Crippen LogP contribution is 2.33. The number of aryl methyl sites for hydroxylation is 1. The van der Waals surface area contributed by atoms with Gasteiger partial charge in [0.25, 0.3) is 0 Å². The first-order chi connectivity index (χ1) is 9.74. The molecule has 3 rings (SSSR count). The maximum atomic E-state index is 5.92. The van der Waals surface area contributed by atoms with Crippen molar-refractivity contribution >= 4 is 40.0 Å². The Labute approximate surface area is 131 Å². The minimum Gasteiger partial charge on any atom is -0.371 e. The third-order valence-electron chi connectivity index (χ3n) is 3.01. The highest BCUT2D eigenvalue weighted by Gasteiger charge is 2.17. The standard InChI is InChI=1S/C15H13ClN2S2/c1-10-11(6-7-14(16)17-10)18-15(12-4-2-8-19-12)13-5-3-9-20-13/h2-9,15,18H,1H3. The van der Waals surface area contributed by atoms with Crippen LogP contribution in [0.15, 0.2) is 47.2 Å². The molecule has 0 spiro atoms. The van der Waals surface area contributed by atoms with Crippen molar-refractivity contribution in [2.45, 2.75) is 13.0 Å². The van der Waals surface area contributed by atoms with Gasteiger partial charge in [0.15, 0.2) is 0 Å². The fourth-order valence-corrected chi connectivity index (χ4v) is 3.88. The molecule has 1 N–H and O–H groups in total. The molecule has 3 heterocycles. The third-order valence-corrected chi connectivity index (χ3v) is 5.09. The number of hydrogen-bond donors (Lipinski definition) is 1. The number of anilines is 1. The zero-order chi connectivity index (χ0) is 13.9. The molecule has 20 heavy (non-hydrogen) atoms. The molecule has 0 radical (unpaired) electrons. The van der Waals surface area contributed by atoms with Crippen LogP contribution in [-0.4, -0.2) is 4.98 Å². The van der Waals surface area contributed by atoms with Crippen molar-refractivity contribution in [2.24, 2.45) is 0 Å². The molecule has 0 aliphatic carbocycles. The molecule has 0 bridgehead atoms. The molecule has 0 aromatic carbocycles. The Morgan fingerprint density at radius 1 is 1.05 bits per heavy atom. The molecule has 0 unspecified atom stereocenters. The minimum absolute atomic E-state index is 0.164. The van der Waals surface area contributed by atoms with Crippen LogP contribution >= 0.6 is 34.3 Å². The van der Waals surface area contributed by atoms with Gasteiger partial charge >= 0.3 is 0 Å². The lowest BCUT2D eigenvalue weighted by Crippen LogP contribution is -2.11. The lowest BCUT2D eigenvalue weighted by Gasteiger charge is -2.18. The van der Waals surface area contributed by atoms with E-state index in [1.807, 2.05) is 19.1 Å². The SMILES string of the molecule is Cc1nc(Cl)ccc1NC(c1cccs1)c1cccs1. The Morgan fingerprint density at radius 3 is 2.20 bits per heavy atom. The van der Waals surface area contributed by atoms with Crippen LogP contribution in [0.1, 0.15) is 21.5 Å². The van der Waals surface area contributed by atoms with E-state index in [1.54, 1.807) is 22.7 Å². The Morgan fingerprint density at radius 2 is 1.70 bits per heavy atom. The van der Waals surface area contributed by atoms with Crippen molar-refractivity contribution in [1.29, 1.82) is 0 Å². The van der Waals surface area contributed by atoms with Gasteiger partial charge in [-0.25, -0.2) is 4.98 Å². The maximum absolute atomic E-state index is 5.92. The Kier molecular flexibility index (Phi) is 4.05. The molecule has 2 nitrogen and oxygen atoms in total. The second kappa shape index (κ2) is 5.95. The van der Waals surface area contributed by atoms with E-state index in [0.29, 0.717) is 5.15 Å². The minimum atomic E-state index is 0.164. The number of hydrogen-bond acceptors (Lipinski definition) is 4. The van der Waals surface area contributed by atoms with Gasteiger partial charge in [0.05, 0.1) is 17.4 Å². The maximum Gasteiger partial charge on any atom is 0.129 e. The van der Waals surface area contributed by atoms with Crippen LogP contribution in [0.2, 0.25) is 5.15 Å². The molecule has 0 saturated carbocycles. The van der Waals surface area contributed by atoms with E-state index >= 15 is 0 Å². The number of nitrogens with zero attached hydrogens (tertiary/aromatic N) is 1. The molecule has 0 atom stereocenters. The van der Waals surface area contributed by atoms with Gasteiger partial charge in [-0.05, 0) is 41.9 Å². The highest BCUT2D eigenvalue weighted by atomic mass is 35.5. The summed E-state index contributed by atoms with van der Waals surface area (Å²) in [6.45, 7) is 1.97. The van der Waals surface area contributed by atoms with E-state index in [2.05, 4.69) is 45.3 Å². The second-order valence-corrected chi connectivity index (χ2v) is 6.72. The Bertz CT molecular complexity index is 644. The molecule has 3 aromatic heterocycles. The van der Waals surface area contributed by atoms with Crippen molar-refractivity contribution < 1.29 is 0 Å². The van der Waals surface area contributed by atoms with Crippen LogP contribution < -0.4 is 5.32 Å². The number of halogens is 1. The van der Waals surface area contributed by atoms with Gasteiger partial charge in [-0.2, -0.15) is 0 Å². The predicted octanol–water partition coefficient (Wildman–Crippen LogP) is 5.37. The van der Waals surface area contributed by atoms with Gasteiger partial charge in [0.1, 0.15) is 5.15 Å². The summed E-state index contributed by atoms with van der Waals surface area (Å²) in [7, 11) is 0. The lowest BCUT2D eigenvalue weighted by molar-refractivity contribution is 0.981. The fraction of sp³-hybridized carbons (Fsp3) is 0.133. The first-order valence-corrected chi connectivity index (χ1v) is 8.34. The summed E-state index contributed by atoms with van der Waals surface area (Å²) in [5.41, 5.74) is 1.93. The molecule has 0 aliphatic rings. The normalized spacial score (nSPS) is 10.9. The van der Waals surface area contributed by atoms with Gasteiger partial charge < -0.3 is 5.32 Å².